The molecule has 0 amide bonds. The van der Waals surface area contributed by atoms with E-state index >= 15 is 0 Å². The van der Waals surface area contributed by atoms with Gasteiger partial charge in [0.05, 0.1) is 16.4 Å². The Bertz CT molecular complexity index is 367. The lowest BCUT2D eigenvalue weighted by atomic mass is 10.1. The van der Waals surface area contributed by atoms with E-state index in [4.69, 9.17) is 11.6 Å². The number of halogens is 2. The summed E-state index contributed by atoms with van der Waals surface area (Å²) in [5, 5.41) is 3.38. The van der Waals surface area contributed by atoms with Gasteiger partial charge in [-0.2, -0.15) is 0 Å². The number of fused-ring (bicyclic) bond motifs is 1. The molecular formula is C10H12ClFN2. The third-order valence-corrected chi connectivity index (χ3v) is 2.96. The molecule has 1 unspecified atom stereocenters. The second-order valence-electron chi connectivity index (χ2n) is 3.62. The van der Waals surface area contributed by atoms with Crippen molar-refractivity contribution < 1.29 is 4.39 Å². The van der Waals surface area contributed by atoms with Crippen LogP contribution in [0.25, 0.3) is 0 Å². The molecule has 1 aromatic carbocycles. The molecule has 14 heavy (non-hydrogen) atoms. The lowest BCUT2D eigenvalue weighted by Gasteiger charge is -2.34. The number of hydrogen-bond acceptors (Lipinski definition) is 2. The maximum atomic E-state index is 13.2. The predicted molar refractivity (Wildman–Crippen MR) is 57.8 cm³/mol. The van der Waals surface area contributed by atoms with Gasteiger partial charge in [-0.1, -0.05) is 11.6 Å². The zero-order chi connectivity index (χ0) is 10.3. The third kappa shape index (κ3) is 1.42. The summed E-state index contributed by atoms with van der Waals surface area (Å²) in [6, 6.07) is 3.47. The van der Waals surface area contributed by atoms with Crippen LogP contribution in [-0.4, -0.2) is 19.6 Å². The smallest absolute Gasteiger partial charge is 0.144 e. The van der Waals surface area contributed by atoms with Crippen LogP contribution in [0.4, 0.5) is 15.8 Å². The largest absolute Gasteiger partial charge is 0.381 e. The van der Waals surface area contributed by atoms with Crippen molar-refractivity contribution in [1.82, 2.24) is 0 Å². The molecule has 2 nitrogen and oxygen atoms in total. The molecule has 1 atom stereocenters. The molecule has 1 aliphatic rings. The number of hydrogen-bond donors (Lipinski definition) is 1. The molecule has 0 aromatic heterocycles. The Hall–Kier alpha value is -0.960. The van der Waals surface area contributed by atoms with Gasteiger partial charge >= 0.3 is 0 Å². The van der Waals surface area contributed by atoms with Crippen LogP contribution in [0.2, 0.25) is 5.02 Å². The molecule has 1 aromatic rings. The van der Waals surface area contributed by atoms with E-state index in [0.717, 1.165) is 17.9 Å². The van der Waals surface area contributed by atoms with Crippen LogP contribution in [0.1, 0.15) is 6.92 Å². The first kappa shape index (κ1) is 9.59. The standard InChI is InChI=1S/C10H12ClFN2/c1-6-5-13-9-3-7(11)8(12)4-10(9)14(6)2/h3-4,6,13H,5H2,1-2H3. The summed E-state index contributed by atoms with van der Waals surface area (Å²) in [5.74, 6) is -0.367. The molecule has 1 aliphatic heterocycles. The lowest BCUT2D eigenvalue weighted by molar-refractivity contribution is 0.623. The first-order chi connectivity index (χ1) is 6.59. The number of anilines is 2. The van der Waals surface area contributed by atoms with Crippen LogP contribution in [0.15, 0.2) is 12.1 Å². The fraction of sp³-hybridized carbons (Fsp3) is 0.400. The van der Waals surface area contributed by atoms with Crippen molar-refractivity contribution in [2.75, 3.05) is 23.8 Å². The summed E-state index contributed by atoms with van der Waals surface area (Å²) >= 11 is 5.70. The van der Waals surface area contributed by atoms with Gasteiger partial charge in [0, 0.05) is 25.7 Å². The molecular weight excluding hydrogens is 203 g/mol. The van der Waals surface area contributed by atoms with Crippen LogP contribution in [-0.2, 0) is 0 Å². The van der Waals surface area contributed by atoms with E-state index in [1.54, 1.807) is 6.07 Å². The minimum absolute atomic E-state index is 0.166. The number of rotatable bonds is 0. The van der Waals surface area contributed by atoms with Crippen LogP contribution in [0.5, 0.6) is 0 Å². The average Bonchev–Trinajstić information content (AvgIpc) is 2.15. The number of nitrogens with one attached hydrogen (secondary N) is 1. The van der Waals surface area contributed by atoms with Crippen LogP contribution in [0.3, 0.4) is 0 Å². The SMILES string of the molecule is CC1CNc2cc(Cl)c(F)cc2N1C. The molecule has 0 spiro atoms. The average molecular weight is 215 g/mol. The van der Waals surface area contributed by atoms with E-state index in [1.165, 1.54) is 6.07 Å². The minimum Gasteiger partial charge on any atom is -0.381 e. The Labute approximate surface area is 87.7 Å². The molecule has 0 saturated heterocycles. The number of benzene rings is 1. The Morgan fingerprint density at radius 2 is 2.29 bits per heavy atom. The maximum Gasteiger partial charge on any atom is 0.144 e. The van der Waals surface area contributed by atoms with Crippen molar-refractivity contribution >= 4 is 23.0 Å². The zero-order valence-corrected chi connectivity index (χ0v) is 8.90. The predicted octanol–water partition coefficient (Wildman–Crippen LogP) is 2.73. The van der Waals surface area contributed by atoms with E-state index in [2.05, 4.69) is 12.2 Å². The van der Waals surface area contributed by atoms with Gasteiger partial charge in [-0.25, -0.2) is 4.39 Å². The summed E-state index contributed by atoms with van der Waals surface area (Å²) in [7, 11) is 1.96. The van der Waals surface area contributed by atoms with Gasteiger partial charge in [-0.3, -0.25) is 0 Å². The summed E-state index contributed by atoms with van der Waals surface area (Å²) < 4.78 is 13.2. The summed E-state index contributed by atoms with van der Waals surface area (Å²) in [6.45, 7) is 2.94. The molecule has 0 bridgehead atoms. The summed E-state index contributed by atoms with van der Waals surface area (Å²) in [4.78, 5) is 2.05. The van der Waals surface area contributed by atoms with Crippen LogP contribution >= 0.6 is 11.6 Å². The van der Waals surface area contributed by atoms with E-state index < -0.39 is 0 Å². The molecule has 76 valence electrons. The van der Waals surface area contributed by atoms with Crippen molar-refractivity contribution in [1.29, 1.82) is 0 Å². The second kappa shape index (κ2) is 3.31. The van der Waals surface area contributed by atoms with Crippen molar-refractivity contribution in [2.45, 2.75) is 13.0 Å². The van der Waals surface area contributed by atoms with Crippen molar-refractivity contribution in [2.24, 2.45) is 0 Å². The lowest BCUT2D eigenvalue weighted by Crippen LogP contribution is -2.39. The first-order valence-electron chi connectivity index (χ1n) is 4.55. The molecule has 0 saturated carbocycles. The Morgan fingerprint density at radius 1 is 1.57 bits per heavy atom. The molecule has 4 heteroatoms. The molecule has 1 N–H and O–H groups in total. The minimum atomic E-state index is -0.367. The van der Waals surface area contributed by atoms with Gasteiger partial charge in [0.2, 0.25) is 0 Å². The van der Waals surface area contributed by atoms with E-state index in [0.29, 0.717) is 6.04 Å². The van der Waals surface area contributed by atoms with Gasteiger partial charge in [-0.15, -0.1) is 0 Å². The third-order valence-electron chi connectivity index (χ3n) is 2.67. The summed E-state index contributed by atoms with van der Waals surface area (Å²) in [5.41, 5.74) is 1.77. The number of likely N-dealkylation sites (N-methyl/N-ethyl adjacent to an activating group) is 1. The molecule has 0 aliphatic carbocycles. The van der Waals surface area contributed by atoms with Crippen LogP contribution < -0.4 is 10.2 Å². The molecule has 2 rings (SSSR count). The normalized spacial score (nSPS) is 20.3. The fourth-order valence-corrected chi connectivity index (χ4v) is 1.77. The quantitative estimate of drug-likeness (QED) is 0.715. The van der Waals surface area contributed by atoms with Crippen molar-refractivity contribution in [3.8, 4) is 0 Å². The highest BCUT2D eigenvalue weighted by Crippen LogP contribution is 2.34. The van der Waals surface area contributed by atoms with Crippen molar-refractivity contribution in [3.05, 3.63) is 23.0 Å². The van der Waals surface area contributed by atoms with Gasteiger partial charge < -0.3 is 10.2 Å². The highest BCUT2D eigenvalue weighted by molar-refractivity contribution is 6.31. The first-order valence-corrected chi connectivity index (χ1v) is 4.93. The van der Waals surface area contributed by atoms with E-state index in [9.17, 15) is 4.39 Å². The van der Waals surface area contributed by atoms with Gasteiger partial charge in [0.15, 0.2) is 0 Å². The monoisotopic (exact) mass is 214 g/mol. The zero-order valence-electron chi connectivity index (χ0n) is 8.14. The van der Waals surface area contributed by atoms with Crippen molar-refractivity contribution in [3.63, 3.8) is 0 Å². The van der Waals surface area contributed by atoms with Gasteiger partial charge in [0.25, 0.3) is 0 Å². The Kier molecular flexibility index (Phi) is 2.27. The highest BCUT2D eigenvalue weighted by Gasteiger charge is 2.20. The molecule has 0 fully saturated rings. The Balaban J connectivity index is 2.50. The fourth-order valence-electron chi connectivity index (χ4n) is 1.60. The molecule has 0 radical (unpaired) electrons. The Morgan fingerprint density at radius 3 is 3.00 bits per heavy atom. The number of nitrogens with zero attached hydrogens (tertiary/aromatic N) is 1. The second-order valence-corrected chi connectivity index (χ2v) is 4.03. The highest BCUT2D eigenvalue weighted by atomic mass is 35.5. The van der Waals surface area contributed by atoms with E-state index in [-0.39, 0.29) is 10.8 Å². The van der Waals surface area contributed by atoms with Gasteiger partial charge in [-0.05, 0) is 13.0 Å². The van der Waals surface area contributed by atoms with Gasteiger partial charge in [0.1, 0.15) is 5.82 Å². The molecule has 1 heterocycles. The topological polar surface area (TPSA) is 15.3 Å². The summed E-state index contributed by atoms with van der Waals surface area (Å²) in [6.07, 6.45) is 0. The maximum absolute atomic E-state index is 13.2. The van der Waals surface area contributed by atoms with E-state index in [1.807, 2.05) is 11.9 Å². The van der Waals surface area contributed by atoms with Crippen LogP contribution in [0, 0.1) is 5.82 Å².